The van der Waals surface area contributed by atoms with E-state index in [1.165, 1.54) is 22.2 Å². The van der Waals surface area contributed by atoms with E-state index in [0.717, 1.165) is 41.7 Å². The number of H-pyrrole nitrogens is 1. The number of carboxylic acids is 2. The van der Waals surface area contributed by atoms with Crippen molar-refractivity contribution in [1.29, 1.82) is 0 Å². The van der Waals surface area contributed by atoms with E-state index < -0.39 is 11.9 Å². The number of benzene rings is 1. The highest BCUT2D eigenvalue weighted by Gasteiger charge is 2.34. The Hall–Kier alpha value is -5.22. The number of ketones is 1. The lowest BCUT2D eigenvalue weighted by atomic mass is 9.76. The van der Waals surface area contributed by atoms with Crippen LogP contribution in [0.2, 0.25) is 0 Å². The summed E-state index contributed by atoms with van der Waals surface area (Å²) >= 11 is 1.44. The van der Waals surface area contributed by atoms with Crippen LogP contribution in [0.25, 0.3) is 0 Å². The molecular weight excluding hydrogens is 725 g/mol. The minimum Gasteiger partial charge on any atom is -0.481 e. The number of carboxylic acid groups (broad SMARTS) is 2. The minimum absolute atomic E-state index is 0.0438. The van der Waals surface area contributed by atoms with Crippen LogP contribution in [0.15, 0.2) is 36.7 Å². The lowest BCUT2D eigenvalue weighted by molar-refractivity contribution is -0.140. The summed E-state index contributed by atoms with van der Waals surface area (Å²) in [6, 6.07) is 7.67. The predicted molar refractivity (Wildman–Crippen MR) is 206 cm³/mol. The number of hydrogen-bond acceptors (Lipinski definition) is 10. The van der Waals surface area contributed by atoms with Crippen molar-refractivity contribution in [3.8, 4) is 0 Å². The number of thiophene rings is 1. The zero-order valence-electron chi connectivity index (χ0n) is 32.1. The van der Waals surface area contributed by atoms with Gasteiger partial charge in [0, 0.05) is 55.8 Å². The topological polar surface area (TPSA) is 204 Å². The quantitative estimate of drug-likeness (QED) is 0.0929. The van der Waals surface area contributed by atoms with Gasteiger partial charge < -0.3 is 20.4 Å². The number of aromatic amines is 1. The standard InChI is InChI=1S/C39H50N8O7S/c1-6-27(7-2)46(16-15-45(5)32(48)11-12-33(49)50)21-24-9-8-10-25(17-24)37(54)42-38-35(28-13-14-39(3,4)19-29(28)55-38)36(53)26-20-40-47(22-26)23-31-41-30(43-44-31)18-34(51)52/h8-10,17,20,22,27H,6-7,11-16,18-19,21,23H2,1-5H3,(H,42,54)(H,49,50)(H,51,52)(H,41,43,44). The number of aliphatic carboxylic acids is 2. The van der Waals surface area contributed by atoms with Gasteiger partial charge in [0.15, 0.2) is 11.6 Å². The second kappa shape index (κ2) is 17.9. The number of carbonyl (C=O) groups is 5. The van der Waals surface area contributed by atoms with Gasteiger partial charge in [-0.25, -0.2) is 4.98 Å². The molecule has 1 aliphatic rings. The van der Waals surface area contributed by atoms with Gasteiger partial charge in [0.25, 0.3) is 5.91 Å². The Morgan fingerprint density at radius 2 is 1.82 bits per heavy atom. The highest BCUT2D eigenvalue weighted by atomic mass is 32.1. The lowest BCUT2D eigenvalue weighted by Gasteiger charge is -2.32. The molecule has 0 spiro atoms. The number of hydrogen-bond donors (Lipinski definition) is 4. The van der Waals surface area contributed by atoms with Crippen LogP contribution in [0.1, 0.15) is 114 Å². The Kier molecular flexibility index (Phi) is 13.4. The Labute approximate surface area is 324 Å². The number of fused-ring (bicyclic) bond motifs is 1. The maximum Gasteiger partial charge on any atom is 0.311 e. The number of aromatic nitrogens is 5. The molecule has 1 aromatic carbocycles. The van der Waals surface area contributed by atoms with Crippen molar-refractivity contribution in [2.45, 2.75) is 98.2 Å². The molecule has 0 bridgehead atoms. The van der Waals surface area contributed by atoms with E-state index in [2.05, 4.69) is 58.2 Å². The smallest absolute Gasteiger partial charge is 0.311 e. The van der Waals surface area contributed by atoms with Gasteiger partial charge in [-0.05, 0) is 60.8 Å². The fourth-order valence-corrected chi connectivity index (χ4v) is 8.44. The van der Waals surface area contributed by atoms with Crippen molar-refractivity contribution in [3.05, 3.63) is 81.0 Å². The van der Waals surface area contributed by atoms with Crippen molar-refractivity contribution in [1.82, 2.24) is 34.8 Å². The van der Waals surface area contributed by atoms with Crippen molar-refractivity contribution in [2.24, 2.45) is 5.41 Å². The van der Waals surface area contributed by atoms with Crippen LogP contribution in [0.4, 0.5) is 5.00 Å². The summed E-state index contributed by atoms with van der Waals surface area (Å²) in [4.78, 5) is 71.8. The predicted octanol–water partition coefficient (Wildman–Crippen LogP) is 5.05. The molecular formula is C39H50N8O7S. The van der Waals surface area contributed by atoms with Gasteiger partial charge >= 0.3 is 11.9 Å². The van der Waals surface area contributed by atoms with E-state index in [-0.39, 0.29) is 60.7 Å². The van der Waals surface area contributed by atoms with Gasteiger partial charge in [-0.15, -0.1) is 11.3 Å². The van der Waals surface area contributed by atoms with E-state index in [1.807, 2.05) is 18.2 Å². The molecule has 3 aromatic heterocycles. The molecule has 0 fully saturated rings. The molecule has 0 atom stereocenters. The van der Waals surface area contributed by atoms with Gasteiger partial charge in [0.1, 0.15) is 23.8 Å². The van der Waals surface area contributed by atoms with Gasteiger partial charge in [0.2, 0.25) is 5.91 Å². The third kappa shape index (κ3) is 10.7. The molecule has 2 amide bonds. The van der Waals surface area contributed by atoms with E-state index in [0.29, 0.717) is 53.6 Å². The molecule has 0 saturated carbocycles. The van der Waals surface area contributed by atoms with E-state index in [1.54, 1.807) is 24.2 Å². The van der Waals surface area contributed by atoms with Gasteiger partial charge in [0.05, 0.1) is 23.7 Å². The second-order valence-corrected chi connectivity index (χ2v) is 16.0. The molecule has 0 radical (unpaired) electrons. The maximum atomic E-state index is 14.2. The molecule has 55 heavy (non-hydrogen) atoms. The molecule has 0 unspecified atom stereocenters. The Morgan fingerprint density at radius 1 is 1.05 bits per heavy atom. The summed E-state index contributed by atoms with van der Waals surface area (Å²) in [6.07, 6.45) is 6.73. The van der Waals surface area contributed by atoms with Crippen LogP contribution in [0.5, 0.6) is 0 Å². The molecule has 0 aliphatic heterocycles. The summed E-state index contributed by atoms with van der Waals surface area (Å²) in [5.74, 6) is -2.27. The zero-order chi connectivity index (χ0) is 39.9. The maximum absolute atomic E-state index is 14.2. The van der Waals surface area contributed by atoms with E-state index >= 15 is 0 Å². The molecule has 4 N–H and O–H groups in total. The fraction of sp³-hybridized carbons (Fsp3) is 0.487. The second-order valence-electron chi connectivity index (χ2n) is 14.9. The number of rotatable bonds is 19. The number of nitrogens with one attached hydrogen (secondary N) is 2. The fourth-order valence-electron chi connectivity index (χ4n) is 6.94. The van der Waals surface area contributed by atoms with Crippen molar-refractivity contribution >= 4 is 45.9 Å². The third-order valence-electron chi connectivity index (χ3n) is 10.1. The minimum atomic E-state index is -1.04. The van der Waals surface area contributed by atoms with Gasteiger partial charge in [-0.3, -0.25) is 38.7 Å². The normalized spacial score (nSPS) is 13.5. The van der Waals surface area contributed by atoms with Crippen LogP contribution in [-0.4, -0.2) is 101 Å². The van der Waals surface area contributed by atoms with E-state index in [4.69, 9.17) is 10.2 Å². The highest BCUT2D eigenvalue weighted by Crippen LogP contribution is 2.44. The molecule has 3 heterocycles. The number of carbonyl (C=O) groups excluding carboxylic acids is 3. The molecule has 0 saturated heterocycles. The summed E-state index contributed by atoms with van der Waals surface area (Å²) in [5.41, 5.74) is 3.21. The highest BCUT2D eigenvalue weighted by molar-refractivity contribution is 7.17. The molecule has 5 rings (SSSR count). The first-order valence-corrected chi connectivity index (χ1v) is 19.4. The number of likely N-dealkylation sites (N-methyl/N-ethyl adjacent to an activating group) is 1. The first-order chi connectivity index (χ1) is 26.2. The number of anilines is 1. The summed E-state index contributed by atoms with van der Waals surface area (Å²) in [6.45, 7) is 10.4. The average molecular weight is 775 g/mol. The van der Waals surface area contributed by atoms with Crippen molar-refractivity contribution in [3.63, 3.8) is 0 Å². The van der Waals surface area contributed by atoms with Crippen LogP contribution in [0, 0.1) is 5.41 Å². The molecule has 1 aliphatic carbocycles. The van der Waals surface area contributed by atoms with Crippen LogP contribution >= 0.6 is 11.3 Å². The SMILES string of the molecule is CCC(CC)N(CCN(C)C(=O)CCC(=O)O)Cc1cccc(C(=O)Nc2sc3c(c2C(=O)c2cnn(Cc4nc(CC(=O)O)n[nH]4)c2)CCC(C)(C)C3)c1. The molecule has 294 valence electrons. The average Bonchev–Trinajstić information content (AvgIpc) is 3.87. The summed E-state index contributed by atoms with van der Waals surface area (Å²) in [5, 5.41) is 32.6. The van der Waals surface area contributed by atoms with Gasteiger partial charge in [-0.1, -0.05) is 39.8 Å². The molecule has 16 heteroatoms. The zero-order valence-corrected chi connectivity index (χ0v) is 32.9. The largest absolute Gasteiger partial charge is 0.481 e. The van der Waals surface area contributed by atoms with Crippen LogP contribution < -0.4 is 5.32 Å². The van der Waals surface area contributed by atoms with Crippen molar-refractivity contribution < 1.29 is 34.2 Å². The number of nitrogens with zero attached hydrogens (tertiary/aromatic N) is 6. The molecule has 4 aromatic rings. The monoisotopic (exact) mass is 774 g/mol. The van der Waals surface area contributed by atoms with Crippen LogP contribution in [-0.2, 0) is 46.7 Å². The first-order valence-electron chi connectivity index (χ1n) is 18.6. The third-order valence-corrected chi connectivity index (χ3v) is 11.2. The van der Waals surface area contributed by atoms with Gasteiger partial charge in [-0.2, -0.15) is 10.2 Å². The lowest BCUT2D eigenvalue weighted by Crippen LogP contribution is -2.41. The Bertz CT molecular complexity index is 2030. The van der Waals surface area contributed by atoms with Crippen molar-refractivity contribution in [2.75, 3.05) is 25.5 Å². The first kappa shape index (κ1) is 41.0. The summed E-state index contributed by atoms with van der Waals surface area (Å²) in [7, 11) is 1.69. The Morgan fingerprint density at radius 3 is 2.53 bits per heavy atom. The van der Waals surface area contributed by atoms with Crippen LogP contribution in [0.3, 0.4) is 0 Å². The van der Waals surface area contributed by atoms with E-state index in [9.17, 15) is 24.0 Å². The Balaban J connectivity index is 1.34. The summed E-state index contributed by atoms with van der Waals surface area (Å²) < 4.78 is 1.53. The molecule has 15 nitrogen and oxygen atoms in total. The number of amides is 2.